The van der Waals surface area contributed by atoms with E-state index < -0.39 is 5.41 Å². The van der Waals surface area contributed by atoms with Gasteiger partial charge in [-0.25, -0.2) is 4.79 Å². The zero-order chi connectivity index (χ0) is 26.2. The van der Waals surface area contributed by atoms with Gasteiger partial charge in [-0.1, -0.05) is 11.6 Å². The fourth-order valence-corrected chi connectivity index (χ4v) is 5.91. The lowest BCUT2D eigenvalue weighted by Crippen LogP contribution is -2.53. The van der Waals surface area contributed by atoms with Crippen LogP contribution in [0.15, 0.2) is 42.7 Å². The van der Waals surface area contributed by atoms with Crippen molar-refractivity contribution < 1.29 is 9.59 Å². The smallest absolute Gasteiger partial charge is 0.317 e. The van der Waals surface area contributed by atoms with E-state index in [2.05, 4.69) is 27.0 Å². The summed E-state index contributed by atoms with van der Waals surface area (Å²) in [6.45, 7) is 6.01. The van der Waals surface area contributed by atoms with Gasteiger partial charge in [0.15, 0.2) is 0 Å². The number of hydrogen-bond donors (Lipinski definition) is 1. The summed E-state index contributed by atoms with van der Waals surface area (Å²) in [5.74, 6) is 0.0614. The van der Waals surface area contributed by atoms with Crippen LogP contribution in [0.2, 0.25) is 5.02 Å². The Bertz CT molecular complexity index is 1380. The molecule has 0 aliphatic carbocycles. The molecule has 2 aliphatic heterocycles. The van der Waals surface area contributed by atoms with Crippen LogP contribution in [0.4, 0.5) is 10.5 Å². The van der Waals surface area contributed by atoms with Crippen LogP contribution >= 0.6 is 11.6 Å². The third-order valence-electron chi connectivity index (χ3n) is 7.52. The number of nitriles is 1. The third-order valence-corrected chi connectivity index (χ3v) is 7.75. The summed E-state index contributed by atoms with van der Waals surface area (Å²) in [6, 6.07) is 12.0. The van der Waals surface area contributed by atoms with E-state index in [4.69, 9.17) is 16.9 Å². The Morgan fingerprint density at radius 1 is 1.24 bits per heavy atom. The van der Waals surface area contributed by atoms with E-state index in [9.17, 15) is 9.59 Å². The van der Waals surface area contributed by atoms with E-state index >= 15 is 0 Å². The molecule has 0 saturated carbocycles. The van der Waals surface area contributed by atoms with Crippen molar-refractivity contribution in [2.24, 2.45) is 0 Å². The molecule has 2 aliphatic rings. The zero-order valence-corrected chi connectivity index (χ0v) is 22.0. The van der Waals surface area contributed by atoms with Crippen LogP contribution < -0.4 is 10.2 Å². The van der Waals surface area contributed by atoms with Crippen molar-refractivity contribution in [3.63, 3.8) is 0 Å². The van der Waals surface area contributed by atoms with Gasteiger partial charge in [0.05, 0.1) is 29.9 Å². The van der Waals surface area contributed by atoms with Gasteiger partial charge in [0, 0.05) is 59.9 Å². The standard InChI is InChI=1S/C28H31ClN6O2/c1-19(2)32-27(37)33-13-8-28(9-14-33)23-7-11-31-17-25(23)35(26(28)36)18-22-16-20-15-21(29)5-6-24(20)34(22)12-4-3-10-30/h5-7,11,15-17,19H,3-4,8-9,12-14,18H2,1-2H3,(H,32,37). The largest absolute Gasteiger partial charge is 0.343 e. The summed E-state index contributed by atoms with van der Waals surface area (Å²) >= 11 is 6.27. The molecular weight excluding hydrogens is 488 g/mol. The van der Waals surface area contributed by atoms with Crippen molar-refractivity contribution in [2.45, 2.75) is 64.1 Å². The molecule has 2 aromatic heterocycles. The van der Waals surface area contributed by atoms with Crippen molar-refractivity contribution in [1.82, 2.24) is 19.8 Å². The molecule has 1 spiro atoms. The van der Waals surface area contributed by atoms with E-state index in [0.29, 0.717) is 50.5 Å². The average molecular weight is 519 g/mol. The van der Waals surface area contributed by atoms with Gasteiger partial charge in [0.1, 0.15) is 0 Å². The number of benzene rings is 1. The third kappa shape index (κ3) is 4.53. The topological polar surface area (TPSA) is 94.3 Å². The maximum absolute atomic E-state index is 14.1. The Morgan fingerprint density at radius 3 is 2.76 bits per heavy atom. The van der Waals surface area contributed by atoms with Gasteiger partial charge in [-0.3, -0.25) is 9.78 Å². The molecule has 5 rings (SSSR count). The number of carbonyl (C=O) groups excluding carboxylic acids is 2. The molecule has 37 heavy (non-hydrogen) atoms. The van der Waals surface area contributed by atoms with Gasteiger partial charge in [0.25, 0.3) is 0 Å². The van der Waals surface area contributed by atoms with Crippen LogP contribution in [0.5, 0.6) is 0 Å². The van der Waals surface area contributed by atoms with Gasteiger partial charge in [-0.2, -0.15) is 5.26 Å². The molecule has 3 amide bonds. The highest BCUT2D eigenvalue weighted by Gasteiger charge is 2.52. The van der Waals surface area contributed by atoms with E-state index in [1.807, 2.05) is 43.0 Å². The van der Waals surface area contributed by atoms with Crippen molar-refractivity contribution in [1.29, 1.82) is 5.26 Å². The number of urea groups is 1. The number of pyridine rings is 1. The Balaban J connectivity index is 1.45. The minimum atomic E-state index is -0.659. The Morgan fingerprint density at radius 2 is 2.03 bits per heavy atom. The number of nitrogens with one attached hydrogen (secondary N) is 1. The number of aromatic nitrogens is 2. The number of piperidine rings is 1. The fraction of sp³-hybridized carbons (Fsp3) is 0.429. The summed E-state index contributed by atoms with van der Waals surface area (Å²) in [7, 11) is 0. The molecule has 9 heteroatoms. The minimum Gasteiger partial charge on any atom is -0.343 e. The molecule has 8 nitrogen and oxygen atoms in total. The number of anilines is 1. The van der Waals surface area contributed by atoms with Crippen LogP contribution in [-0.2, 0) is 23.3 Å². The van der Waals surface area contributed by atoms with Gasteiger partial charge in [-0.05, 0) is 69.0 Å². The molecule has 0 atom stereocenters. The molecule has 1 saturated heterocycles. The maximum atomic E-state index is 14.1. The second kappa shape index (κ2) is 10.1. The van der Waals surface area contributed by atoms with Crippen molar-refractivity contribution in [3.8, 4) is 6.07 Å². The van der Waals surface area contributed by atoms with Crippen molar-refractivity contribution in [2.75, 3.05) is 18.0 Å². The van der Waals surface area contributed by atoms with E-state index in [0.717, 1.165) is 34.3 Å². The molecule has 192 valence electrons. The minimum absolute atomic E-state index is 0.0614. The number of nitrogens with zero attached hydrogens (tertiary/aromatic N) is 5. The summed E-state index contributed by atoms with van der Waals surface area (Å²) in [5.41, 5.74) is 3.19. The number of hydrogen-bond acceptors (Lipinski definition) is 4. The first-order chi connectivity index (χ1) is 17.8. The molecular formula is C28H31ClN6O2. The van der Waals surface area contributed by atoms with Gasteiger partial charge >= 0.3 is 6.03 Å². The first-order valence-corrected chi connectivity index (χ1v) is 13.2. The number of rotatable bonds is 6. The van der Waals surface area contributed by atoms with Crippen LogP contribution in [0.25, 0.3) is 10.9 Å². The van der Waals surface area contributed by atoms with Gasteiger partial charge in [0.2, 0.25) is 5.91 Å². The number of aryl methyl sites for hydroxylation is 1. The monoisotopic (exact) mass is 518 g/mol. The summed E-state index contributed by atoms with van der Waals surface area (Å²) in [5, 5.41) is 13.7. The first kappa shape index (κ1) is 25.1. The SMILES string of the molecule is CC(C)NC(=O)N1CCC2(CC1)C(=O)N(Cc1cc3cc(Cl)ccc3n1CCCC#N)c1cnccc12. The lowest BCUT2D eigenvalue weighted by atomic mass is 9.74. The summed E-state index contributed by atoms with van der Waals surface area (Å²) in [4.78, 5) is 34.7. The number of carbonyl (C=O) groups is 2. The zero-order valence-electron chi connectivity index (χ0n) is 21.2. The average Bonchev–Trinajstić information content (AvgIpc) is 3.32. The first-order valence-electron chi connectivity index (χ1n) is 12.8. The van der Waals surface area contributed by atoms with Crippen LogP contribution in [-0.4, -0.2) is 45.5 Å². The lowest BCUT2D eigenvalue weighted by Gasteiger charge is -2.38. The number of likely N-dealkylation sites (tertiary alicyclic amines) is 1. The molecule has 4 heterocycles. The predicted molar refractivity (Wildman–Crippen MR) is 143 cm³/mol. The van der Waals surface area contributed by atoms with Crippen LogP contribution in [0.1, 0.15) is 50.8 Å². The lowest BCUT2D eigenvalue weighted by molar-refractivity contribution is -0.124. The molecule has 0 unspecified atom stereocenters. The number of amides is 3. The molecule has 1 N–H and O–H groups in total. The number of halogens is 1. The quantitative estimate of drug-likeness (QED) is 0.465. The van der Waals surface area contributed by atoms with Gasteiger partial charge < -0.3 is 19.7 Å². The van der Waals surface area contributed by atoms with E-state index in [-0.39, 0.29) is 18.0 Å². The van der Waals surface area contributed by atoms with Crippen LogP contribution in [0.3, 0.4) is 0 Å². The van der Waals surface area contributed by atoms with Crippen LogP contribution in [0, 0.1) is 11.3 Å². The van der Waals surface area contributed by atoms with Crippen molar-refractivity contribution >= 4 is 40.1 Å². The second-order valence-corrected chi connectivity index (χ2v) is 10.6. The summed E-state index contributed by atoms with van der Waals surface area (Å²) in [6.07, 6.45) is 5.86. The second-order valence-electron chi connectivity index (χ2n) is 10.2. The van der Waals surface area contributed by atoms with Gasteiger partial charge in [-0.15, -0.1) is 0 Å². The fourth-order valence-electron chi connectivity index (χ4n) is 5.73. The number of fused-ring (bicyclic) bond motifs is 3. The highest BCUT2D eigenvalue weighted by Crippen LogP contribution is 2.48. The molecule has 0 radical (unpaired) electrons. The Hall–Kier alpha value is -3.57. The molecule has 3 aromatic rings. The highest BCUT2D eigenvalue weighted by atomic mass is 35.5. The highest BCUT2D eigenvalue weighted by molar-refractivity contribution is 6.31. The normalized spacial score (nSPS) is 16.5. The summed E-state index contributed by atoms with van der Waals surface area (Å²) < 4.78 is 2.19. The molecule has 1 fully saturated rings. The Labute approximate surface area is 221 Å². The molecule has 0 bridgehead atoms. The number of unbranched alkanes of at least 4 members (excludes halogenated alkanes) is 1. The molecule has 1 aromatic carbocycles. The predicted octanol–water partition coefficient (Wildman–Crippen LogP) is 4.99. The maximum Gasteiger partial charge on any atom is 0.317 e. The Kier molecular flexibility index (Phi) is 6.82. The van der Waals surface area contributed by atoms with E-state index in [1.54, 1.807) is 17.3 Å². The van der Waals surface area contributed by atoms with E-state index in [1.165, 1.54) is 0 Å². The van der Waals surface area contributed by atoms with Crippen molar-refractivity contribution in [3.05, 3.63) is 59.0 Å².